The number of aromatic amines is 1. The van der Waals surface area contributed by atoms with Crippen molar-refractivity contribution in [1.82, 2.24) is 4.98 Å². The van der Waals surface area contributed by atoms with Crippen molar-refractivity contribution in [3.63, 3.8) is 0 Å². The van der Waals surface area contributed by atoms with Crippen molar-refractivity contribution >= 4 is 29.1 Å². The number of pyridine rings is 2. The number of halogens is 4. The Morgan fingerprint density at radius 2 is 1.10 bits per heavy atom. The SMILES string of the molecule is F[B-](F)(F)F.c1ccc(C23c4c(c5[nH+]cccc5c5cccnc45)C4(c5ccccc5)[C@@H]5CC[C@H]4[C@H]2CC[C@@H]53)cc1. The van der Waals surface area contributed by atoms with Gasteiger partial charge in [0.2, 0.25) is 5.52 Å². The van der Waals surface area contributed by atoms with E-state index in [-0.39, 0.29) is 10.8 Å². The van der Waals surface area contributed by atoms with Crippen LogP contribution in [0.1, 0.15) is 47.9 Å². The number of H-pyrrole nitrogens is 1. The molecular weight excluding hydrogens is 523 g/mol. The number of aromatic nitrogens is 2. The van der Waals surface area contributed by atoms with Gasteiger partial charge in [-0.1, -0.05) is 66.7 Å². The van der Waals surface area contributed by atoms with Crippen LogP contribution in [-0.4, -0.2) is 12.2 Å². The van der Waals surface area contributed by atoms with E-state index in [1.54, 1.807) is 11.1 Å². The highest BCUT2D eigenvalue weighted by atomic mass is 19.5. The van der Waals surface area contributed by atoms with Gasteiger partial charge in [0.1, 0.15) is 0 Å². The highest BCUT2D eigenvalue weighted by molar-refractivity contribution is 6.50. The fraction of sp³-hybridized carbons (Fsp3) is 0.294. The minimum absolute atomic E-state index is 0.0451. The standard InChI is InChI=1S/C34H28N2.BF4/c1-3-9-21(10-4-1)33-25-15-16-26(33)28-18-17-27(25)34(28,22-11-5-2-6-12-22)30-29(33)31-23(13-7-19-35-31)24-14-8-20-36-32(24)30;2-1(3,4)5/h1-14,19-20,25-28H,15-18H2;/q;-1/p+1/t25-,26+,27+,28-,33?,34?;. The Balaban J connectivity index is 0.000000475. The van der Waals surface area contributed by atoms with E-state index in [0.29, 0.717) is 23.7 Å². The van der Waals surface area contributed by atoms with Crippen LogP contribution in [0.15, 0.2) is 97.3 Å². The first-order valence-corrected chi connectivity index (χ1v) is 14.6. The molecule has 41 heavy (non-hydrogen) atoms. The smallest absolute Gasteiger partial charge is 0.418 e. The van der Waals surface area contributed by atoms with Crippen LogP contribution in [0.2, 0.25) is 0 Å². The van der Waals surface area contributed by atoms with Crippen LogP contribution in [0.3, 0.4) is 0 Å². The quantitative estimate of drug-likeness (QED) is 0.123. The molecular formula is C34H29BF4N2. The van der Waals surface area contributed by atoms with E-state index in [1.165, 1.54) is 58.6 Å². The molecule has 6 atom stereocenters. The Labute approximate surface area is 235 Å². The zero-order valence-corrected chi connectivity index (χ0v) is 22.4. The Morgan fingerprint density at radius 1 is 0.610 bits per heavy atom. The van der Waals surface area contributed by atoms with E-state index < -0.39 is 7.25 Å². The van der Waals surface area contributed by atoms with Crippen LogP contribution in [0, 0.1) is 23.7 Å². The lowest BCUT2D eigenvalue weighted by atomic mass is 9.38. The van der Waals surface area contributed by atoms with Crippen LogP contribution in [0.4, 0.5) is 17.3 Å². The monoisotopic (exact) mass is 552 g/mol. The first-order chi connectivity index (χ1) is 19.9. The predicted octanol–water partition coefficient (Wildman–Crippen LogP) is 8.15. The third-order valence-electron chi connectivity index (χ3n) is 10.9. The molecule has 6 bridgehead atoms. The topological polar surface area (TPSA) is 27.0 Å². The largest absolute Gasteiger partial charge is 0.673 e. The lowest BCUT2D eigenvalue weighted by molar-refractivity contribution is -0.345. The fourth-order valence-electron chi connectivity index (χ4n) is 10.3. The van der Waals surface area contributed by atoms with Crippen molar-refractivity contribution in [2.24, 2.45) is 23.7 Å². The van der Waals surface area contributed by atoms with Gasteiger partial charge < -0.3 is 17.3 Å². The summed E-state index contributed by atoms with van der Waals surface area (Å²) >= 11 is 0. The number of benzene rings is 3. The maximum atomic E-state index is 9.75. The summed E-state index contributed by atoms with van der Waals surface area (Å²) < 4.78 is 39.0. The summed E-state index contributed by atoms with van der Waals surface area (Å²) in [6.07, 6.45) is 9.50. The first kappa shape index (κ1) is 25.0. The second-order valence-corrected chi connectivity index (χ2v) is 12.2. The van der Waals surface area contributed by atoms with Gasteiger partial charge in [-0.3, -0.25) is 4.98 Å². The van der Waals surface area contributed by atoms with Crippen LogP contribution < -0.4 is 4.98 Å². The number of hydrogen-bond acceptors (Lipinski definition) is 1. The molecule has 2 aromatic heterocycles. The molecule has 3 aromatic carbocycles. The highest BCUT2D eigenvalue weighted by Gasteiger charge is 2.77. The molecule has 2 heterocycles. The summed E-state index contributed by atoms with van der Waals surface area (Å²) in [5, 5.41) is 2.61. The summed E-state index contributed by atoms with van der Waals surface area (Å²) in [4.78, 5) is 9.02. The lowest BCUT2D eigenvalue weighted by Crippen LogP contribution is -2.63. The van der Waals surface area contributed by atoms with Gasteiger partial charge in [-0.15, -0.1) is 0 Å². The molecule has 2 nitrogen and oxygen atoms in total. The molecule has 3 saturated carbocycles. The molecule has 3 fully saturated rings. The summed E-state index contributed by atoms with van der Waals surface area (Å²) in [6.45, 7) is 0. The molecule has 0 radical (unpaired) electrons. The van der Waals surface area contributed by atoms with Crippen molar-refractivity contribution in [2.75, 3.05) is 0 Å². The van der Waals surface area contributed by atoms with Crippen LogP contribution in [0.25, 0.3) is 21.8 Å². The molecule has 0 saturated heterocycles. The number of rotatable bonds is 2. The van der Waals surface area contributed by atoms with Gasteiger partial charge in [0.25, 0.3) is 0 Å². The van der Waals surface area contributed by atoms with E-state index in [0.717, 1.165) is 0 Å². The summed E-state index contributed by atoms with van der Waals surface area (Å²) in [6, 6.07) is 32.0. The second kappa shape index (κ2) is 8.64. The van der Waals surface area contributed by atoms with Gasteiger partial charge in [-0.05, 0) is 72.6 Å². The van der Waals surface area contributed by atoms with Crippen LogP contribution in [0.5, 0.6) is 0 Å². The Bertz CT molecular complexity index is 1640. The molecule has 0 aliphatic heterocycles. The molecule has 1 N–H and O–H groups in total. The normalized spacial score (nSPS) is 30.7. The second-order valence-electron chi connectivity index (χ2n) is 12.2. The average molecular weight is 552 g/mol. The molecule has 5 aliphatic carbocycles. The molecule has 206 valence electrons. The third kappa shape index (κ3) is 3.15. The fourth-order valence-corrected chi connectivity index (χ4v) is 10.3. The summed E-state index contributed by atoms with van der Waals surface area (Å²) in [5.74, 6) is 2.63. The van der Waals surface area contributed by atoms with Gasteiger partial charge in [0.15, 0.2) is 6.20 Å². The average Bonchev–Trinajstić information content (AvgIpc) is 3.50. The summed E-state index contributed by atoms with van der Waals surface area (Å²) in [7, 11) is -6.00. The van der Waals surface area contributed by atoms with Crippen LogP contribution in [-0.2, 0) is 10.8 Å². The maximum Gasteiger partial charge on any atom is 0.673 e. The number of fused-ring (bicyclic) bond motifs is 3. The van der Waals surface area contributed by atoms with Gasteiger partial charge in [-0.25, -0.2) is 4.98 Å². The maximum absolute atomic E-state index is 9.75. The Kier molecular flexibility index (Phi) is 5.27. The minimum atomic E-state index is -6.00. The van der Waals surface area contributed by atoms with Crippen molar-refractivity contribution in [1.29, 1.82) is 0 Å². The number of nitrogens with zero attached hydrogens (tertiary/aromatic N) is 1. The molecule has 0 amide bonds. The van der Waals surface area contributed by atoms with E-state index in [2.05, 4.69) is 96.1 Å². The van der Waals surface area contributed by atoms with E-state index in [1.807, 2.05) is 6.20 Å². The first-order valence-electron chi connectivity index (χ1n) is 14.6. The minimum Gasteiger partial charge on any atom is -0.418 e. The number of nitrogens with one attached hydrogen (secondary N) is 1. The third-order valence-corrected chi connectivity index (χ3v) is 10.9. The van der Waals surface area contributed by atoms with Crippen molar-refractivity contribution in [3.05, 3.63) is 120 Å². The van der Waals surface area contributed by atoms with Gasteiger partial charge in [-0.2, -0.15) is 0 Å². The molecule has 0 spiro atoms. The lowest BCUT2D eigenvalue weighted by Gasteiger charge is -2.63. The summed E-state index contributed by atoms with van der Waals surface area (Å²) in [5.41, 5.74) is 8.85. The highest BCUT2D eigenvalue weighted by Crippen LogP contribution is 2.80. The Morgan fingerprint density at radius 3 is 1.63 bits per heavy atom. The van der Waals surface area contributed by atoms with E-state index >= 15 is 0 Å². The van der Waals surface area contributed by atoms with Gasteiger partial charge >= 0.3 is 7.25 Å². The van der Waals surface area contributed by atoms with Crippen molar-refractivity contribution < 1.29 is 22.2 Å². The van der Waals surface area contributed by atoms with E-state index in [4.69, 9.17) is 4.98 Å². The molecule has 2 unspecified atom stereocenters. The van der Waals surface area contributed by atoms with Gasteiger partial charge in [0.05, 0.1) is 10.9 Å². The predicted molar refractivity (Wildman–Crippen MR) is 153 cm³/mol. The molecule has 5 aromatic rings. The molecule has 5 aliphatic rings. The zero-order chi connectivity index (χ0) is 28.0. The van der Waals surface area contributed by atoms with E-state index in [9.17, 15) is 17.3 Å². The van der Waals surface area contributed by atoms with Crippen molar-refractivity contribution in [3.8, 4) is 0 Å². The molecule has 7 heteroatoms. The van der Waals surface area contributed by atoms with Crippen LogP contribution >= 0.6 is 0 Å². The Hall–Kier alpha value is -3.74. The van der Waals surface area contributed by atoms with Gasteiger partial charge in [0, 0.05) is 39.6 Å². The van der Waals surface area contributed by atoms with Crippen molar-refractivity contribution in [2.45, 2.75) is 36.5 Å². The number of hydrogen-bond donors (Lipinski definition) is 0. The zero-order valence-electron chi connectivity index (χ0n) is 22.4. The molecule has 10 rings (SSSR count).